The van der Waals surface area contributed by atoms with Crippen molar-refractivity contribution in [2.75, 3.05) is 0 Å². The number of benzene rings is 1. The first kappa shape index (κ1) is 10.4. The van der Waals surface area contributed by atoms with E-state index in [9.17, 15) is 4.79 Å². The molecule has 0 amide bonds. The minimum atomic E-state index is -0.442. The third-order valence-electron chi connectivity index (χ3n) is 2.04. The first-order chi connectivity index (χ1) is 7.70. The summed E-state index contributed by atoms with van der Waals surface area (Å²) in [6.45, 7) is 0. The fourth-order valence-electron chi connectivity index (χ4n) is 1.23. The summed E-state index contributed by atoms with van der Waals surface area (Å²) in [6, 6.07) is 8.65. The van der Waals surface area contributed by atoms with E-state index in [1.54, 1.807) is 30.3 Å². The van der Waals surface area contributed by atoms with E-state index in [0.29, 0.717) is 10.8 Å². The predicted molar refractivity (Wildman–Crippen MR) is 60.0 cm³/mol. The number of halogens is 1. The molecule has 0 aliphatic heterocycles. The van der Waals surface area contributed by atoms with Crippen molar-refractivity contribution in [1.82, 2.24) is 9.97 Å². The monoisotopic (exact) mass is 231 g/mol. The molecule has 0 aliphatic carbocycles. The van der Waals surface area contributed by atoms with E-state index in [-0.39, 0.29) is 5.56 Å². The van der Waals surface area contributed by atoms with Gasteiger partial charge in [0.05, 0.1) is 6.20 Å². The first-order valence-corrected chi connectivity index (χ1v) is 4.84. The van der Waals surface area contributed by atoms with Crippen molar-refractivity contribution in [3.63, 3.8) is 0 Å². The molecular weight excluding hydrogens is 226 g/mol. The largest absolute Gasteiger partial charge is 0.305 e. The summed E-state index contributed by atoms with van der Waals surface area (Å²) < 4.78 is 0. The van der Waals surface area contributed by atoms with Gasteiger partial charge in [0.15, 0.2) is 0 Å². The molecule has 0 aliphatic rings. The van der Waals surface area contributed by atoms with Crippen LogP contribution in [0.3, 0.4) is 0 Å². The summed E-state index contributed by atoms with van der Waals surface area (Å²) in [5.41, 5.74) is 0.297. The number of nitrogens with zero attached hydrogens (tertiary/aromatic N) is 2. The van der Waals surface area contributed by atoms with Gasteiger partial charge in [-0.1, -0.05) is 11.6 Å². The van der Waals surface area contributed by atoms with Gasteiger partial charge in [-0.15, -0.1) is 0 Å². The van der Waals surface area contributed by atoms with Crippen LogP contribution in [0.15, 0.2) is 35.3 Å². The van der Waals surface area contributed by atoms with E-state index in [0.717, 1.165) is 5.56 Å². The summed E-state index contributed by atoms with van der Waals surface area (Å²) in [5, 5.41) is 9.20. The summed E-state index contributed by atoms with van der Waals surface area (Å²) in [5.74, 6) is 0.417. The van der Waals surface area contributed by atoms with E-state index >= 15 is 0 Å². The summed E-state index contributed by atoms with van der Waals surface area (Å²) in [7, 11) is 0. The molecule has 0 bridgehead atoms. The van der Waals surface area contributed by atoms with Crippen molar-refractivity contribution < 1.29 is 0 Å². The fraction of sp³-hybridized carbons (Fsp3) is 0. The van der Waals surface area contributed by atoms with Crippen molar-refractivity contribution >= 4 is 11.6 Å². The minimum absolute atomic E-state index is 0.00212. The molecule has 0 radical (unpaired) electrons. The molecule has 2 aromatic rings. The van der Waals surface area contributed by atoms with Gasteiger partial charge in [-0.3, -0.25) is 4.79 Å². The second-order valence-electron chi connectivity index (χ2n) is 3.09. The van der Waals surface area contributed by atoms with Crippen LogP contribution < -0.4 is 5.56 Å². The molecule has 0 unspecified atom stereocenters. The van der Waals surface area contributed by atoms with Gasteiger partial charge in [0.25, 0.3) is 5.56 Å². The number of nitriles is 1. The van der Waals surface area contributed by atoms with Crippen molar-refractivity contribution in [1.29, 1.82) is 5.26 Å². The standard InChI is InChI=1S/C11H6ClN3O/c12-9-3-1-7(2-4-9)10-14-6-8(5-13)11(16)15-10/h1-4,6H,(H,14,15,16). The van der Waals surface area contributed by atoms with Crippen LogP contribution in [-0.4, -0.2) is 9.97 Å². The lowest BCUT2D eigenvalue weighted by Crippen LogP contribution is -2.11. The number of nitrogens with one attached hydrogen (secondary N) is 1. The Morgan fingerprint density at radius 1 is 1.31 bits per heavy atom. The fourth-order valence-corrected chi connectivity index (χ4v) is 1.35. The zero-order valence-electron chi connectivity index (χ0n) is 8.07. The van der Waals surface area contributed by atoms with Gasteiger partial charge in [-0.2, -0.15) is 5.26 Å². The van der Waals surface area contributed by atoms with Crippen molar-refractivity contribution in [3.8, 4) is 17.5 Å². The lowest BCUT2D eigenvalue weighted by Gasteiger charge is -2.00. The maximum Gasteiger partial charge on any atom is 0.269 e. The normalized spacial score (nSPS) is 9.75. The zero-order chi connectivity index (χ0) is 11.5. The Labute approximate surface area is 96.2 Å². The smallest absolute Gasteiger partial charge is 0.269 e. The van der Waals surface area contributed by atoms with Crippen molar-refractivity contribution in [3.05, 3.63) is 51.4 Å². The van der Waals surface area contributed by atoms with Gasteiger partial charge < -0.3 is 4.98 Å². The highest BCUT2D eigenvalue weighted by Gasteiger charge is 2.03. The number of hydrogen-bond acceptors (Lipinski definition) is 3. The lowest BCUT2D eigenvalue weighted by molar-refractivity contribution is 1.11. The topological polar surface area (TPSA) is 69.5 Å². The van der Waals surface area contributed by atoms with Gasteiger partial charge in [-0.25, -0.2) is 4.98 Å². The quantitative estimate of drug-likeness (QED) is 0.816. The molecule has 1 aromatic heterocycles. The molecule has 78 valence electrons. The molecule has 2 rings (SSSR count). The van der Waals surface area contributed by atoms with Crippen LogP contribution in [0.1, 0.15) is 5.56 Å². The van der Waals surface area contributed by atoms with Gasteiger partial charge in [0, 0.05) is 10.6 Å². The van der Waals surface area contributed by atoms with Crippen molar-refractivity contribution in [2.24, 2.45) is 0 Å². The van der Waals surface area contributed by atoms with E-state index in [1.807, 2.05) is 0 Å². The van der Waals surface area contributed by atoms with Crippen LogP contribution in [0.5, 0.6) is 0 Å². The molecule has 0 saturated heterocycles. The number of rotatable bonds is 1. The average molecular weight is 232 g/mol. The van der Waals surface area contributed by atoms with Gasteiger partial charge in [0.1, 0.15) is 17.5 Å². The third kappa shape index (κ3) is 1.95. The Morgan fingerprint density at radius 3 is 2.56 bits per heavy atom. The Morgan fingerprint density at radius 2 is 2.00 bits per heavy atom. The Bertz CT molecular complexity index is 610. The highest BCUT2D eigenvalue weighted by atomic mass is 35.5. The first-order valence-electron chi connectivity index (χ1n) is 4.46. The molecule has 5 heteroatoms. The Hall–Kier alpha value is -2.12. The molecule has 0 fully saturated rings. The number of H-pyrrole nitrogens is 1. The van der Waals surface area contributed by atoms with Crippen LogP contribution in [0.2, 0.25) is 5.02 Å². The van der Waals surface area contributed by atoms with Crippen LogP contribution in [0.25, 0.3) is 11.4 Å². The molecule has 16 heavy (non-hydrogen) atoms. The average Bonchev–Trinajstić information content (AvgIpc) is 2.30. The summed E-state index contributed by atoms with van der Waals surface area (Å²) in [6.07, 6.45) is 1.25. The van der Waals surface area contributed by atoms with E-state index in [4.69, 9.17) is 16.9 Å². The lowest BCUT2D eigenvalue weighted by atomic mass is 10.2. The number of aromatic amines is 1. The highest BCUT2D eigenvalue weighted by Crippen LogP contribution is 2.16. The molecule has 0 atom stereocenters. The Balaban J connectivity index is 2.50. The van der Waals surface area contributed by atoms with Crippen LogP contribution in [-0.2, 0) is 0 Å². The summed E-state index contributed by atoms with van der Waals surface area (Å²) >= 11 is 5.74. The van der Waals surface area contributed by atoms with E-state index in [2.05, 4.69) is 9.97 Å². The SMILES string of the molecule is N#Cc1cnc(-c2ccc(Cl)cc2)[nH]c1=O. The van der Waals surface area contributed by atoms with Crippen LogP contribution in [0, 0.1) is 11.3 Å². The molecule has 0 spiro atoms. The van der Waals surface area contributed by atoms with Gasteiger partial charge in [-0.05, 0) is 24.3 Å². The minimum Gasteiger partial charge on any atom is -0.305 e. The molecule has 1 N–H and O–H groups in total. The molecule has 0 saturated carbocycles. The molecule has 4 nitrogen and oxygen atoms in total. The van der Waals surface area contributed by atoms with E-state index in [1.165, 1.54) is 6.20 Å². The number of aromatic nitrogens is 2. The maximum absolute atomic E-state index is 11.4. The Kier molecular flexibility index (Phi) is 2.71. The third-order valence-corrected chi connectivity index (χ3v) is 2.29. The second kappa shape index (κ2) is 4.17. The summed E-state index contributed by atoms with van der Waals surface area (Å²) in [4.78, 5) is 17.9. The van der Waals surface area contributed by atoms with Crippen LogP contribution in [0.4, 0.5) is 0 Å². The van der Waals surface area contributed by atoms with Gasteiger partial charge >= 0.3 is 0 Å². The maximum atomic E-state index is 11.4. The van der Waals surface area contributed by atoms with E-state index < -0.39 is 5.56 Å². The highest BCUT2D eigenvalue weighted by molar-refractivity contribution is 6.30. The molecule has 1 aromatic carbocycles. The van der Waals surface area contributed by atoms with Crippen molar-refractivity contribution in [2.45, 2.75) is 0 Å². The predicted octanol–water partition coefficient (Wildman–Crippen LogP) is 1.96. The second-order valence-corrected chi connectivity index (χ2v) is 3.53. The number of hydrogen-bond donors (Lipinski definition) is 1. The van der Waals surface area contributed by atoms with Crippen LogP contribution >= 0.6 is 11.6 Å². The molecule has 1 heterocycles. The van der Waals surface area contributed by atoms with Gasteiger partial charge in [0.2, 0.25) is 0 Å². The zero-order valence-corrected chi connectivity index (χ0v) is 8.82. The molecular formula is C11H6ClN3O.